The molecule has 0 aliphatic carbocycles. The van der Waals surface area contributed by atoms with Gasteiger partial charge >= 0.3 is 0 Å². The summed E-state index contributed by atoms with van der Waals surface area (Å²) in [5, 5.41) is 13.0. The molecule has 0 fully saturated rings. The second-order valence-corrected chi connectivity index (χ2v) is 2.70. The zero-order valence-electron chi connectivity index (χ0n) is 7.28. The molecular weight excluding hydrogens is 152 g/mol. The van der Waals surface area contributed by atoms with Crippen molar-refractivity contribution in [2.24, 2.45) is 7.05 Å². The summed E-state index contributed by atoms with van der Waals surface area (Å²) in [6, 6.07) is 0. The first-order valence-electron chi connectivity index (χ1n) is 3.66. The fraction of sp³-hybridized carbons (Fsp3) is 0.222. The fourth-order valence-electron chi connectivity index (χ4n) is 0.964. The van der Waals surface area contributed by atoms with Gasteiger partial charge in [0.15, 0.2) is 0 Å². The van der Waals surface area contributed by atoms with E-state index in [1.165, 1.54) is 6.08 Å². The van der Waals surface area contributed by atoms with Gasteiger partial charge in [0.25, 0.3) is 0 Å². The Kier molecular flexibility index (Phi) is 2.33. The van der Waals surface area contributed by atoms with Gasteiger partial charge in [0.1, 0.15) is 5.76 Å². The molecule has 3 heteroatoms. The smallest absolute Gasteiger partial charge is 0.108 e. The number of allylic oxidation sites excluding steroid dienone is 1. The van der Waals surface area contributed by atoms with E-state index in [4.69, 9.17) is 5.11 Å². The number of aryl methyl sites for hydroxylation is 2. The van der Waals surface area contributed by atoms with Gasteiger partial charge in [-0.3, -0.25) is 4.68 Å². The second kappa shape index (κ2) is 3.26. The first-order chi connectivity index (χ1) is 5.59. The van der Waals surface area contributed by atoms with Gasteiger partial charge in [0.05, 0.1) is 5.69 Å². The van der Waals surface area contributed by atoms with Crippen molar-refractivity contribution < 1.29 is 5.11 Å². The maximum absolute atomic E-state index is 8.80. The van der Waals surface area contributed by atoms with Gasteiger partial charge in [-0.15, -0.1) is 0 Å². The molecule has 0 unspecified atom stereocenters. The second-order valence-electron chi connectivity index (χ2n) is 2.70. The molecule has 12 heavy (non-hydrogen) atoms. The summed E-state index contributed by atoms with van der Waals surface area (Å²) in [5.74, 6) is 0.0417. The van der Waals surface area contributed by atoms with Crippen molar-refractivity contribution in [3.8, 4) is 0 Å². The van der Waals surface area contributed by atoms with E-state index in [0.717, 1.165) is 11.3 Å². The Morgan fingerprint density at radius 2 is 2.42 bits per heavy atom. The lowest BCUT2D eigenvalue weighted by molar-refractivity contribution is 0.436. The molecule has 1 aromatic rings. The molecule has 0 spiro atoms. The maximum Gasteiger partial charge on any atom is 0.108 e. The summed E-state index contributed by atoms with van der Waals surface area (Å²) in [6.45, 7) is 5.31. The van der Waals surface area contributed by atoms with E-state index >= 15 is 0 Å². The Balaban J connectivity index is 2.89. The van der Waals surface area contributed by atoms with Gasteiger partial charge in [-0.2, -0.15) is 5.10 Å². The van der Waals surface area contributed by atoms with Crippen molar-refractivity contribution >= 4 is 6.08 Å². The molecule has 0 aliphatic heterocycles. The van der Waals surface area contributed by atoms with Crippen LogP contribution in [0.2, 0.25) is 0 Å². The van der Waals surface area contributed by atoms with Crippen molar-refractivity contribution in [1.82, 2.24) is 9.78 Å². The Bertz CT molecular complexity index is 323. The van der Waals surface area contributed by atoms with Crippen LogP contribution >= 0.6 is 0 Å². The lowest BCUT2D eigenvalue weighted by Gasteiger charge is -1.87. The van der Waals surface area contributed by atoms with Crippen molar-refractivity contribution in [3.63, 3.8) is 0 Å². The van der Waals surface area contributed by atoms with Gasteiger partial charge in [-0.25, -0.2) is 0 Å². The largest absolute Gasteiger partial charge is 0.509 e. The van der Waals surface area contributed by atoms with Gasteiger partial charge in [0.2, 0.25) is 0 Å². The molecule has 3 nitrogen and oxygen atoms in total. The van der Waals surface area contributed by atoms with Crippen LogP contribution in [-0.4, -0.2) is 14.9 Å². The molecule has 0 atom stereocenters. The van der Waals surface area contributed by atoms with E-state index in [9.17, 15) is 0 Å². The number of aliphatic hydroxyl groups is 1. The Morgan fingerprint density at radius 1 is 1.75 bits per heavy atom. The van der Waals surface area contributed by atoms with E-state index < -0.39 is 0 Å². The molecule has 1 aromatic heterocycles. The van der Waals surface area contributed by atoms with E-state index in [-0.39, 0.29) is 5.76 Å². The fourth-order valence-corrected chi connectivity index (χ4v) is 0.964. The van der Waals surface area contributed by atoms with Crippen LogP contribution in [0.5, 0.6) is 0 Å². The molecule has 0 aromatic carbocycles. The molecule has 0 radical (unpaired) electrons. The zero-order chi connectivity index (χ0) is 9.14. The number of rotatable bonds is 2. The zero-order valence-corrected chi connectivity index (χ0v) is 7.28. The van der Waals surface area contributed by atoms with Crippen LogP contribution in [0.3, 0.4) is 0 Å². The van der Waals surface area contributed by atoms with Gasteiger partial charge in [-0.05, 0) is 24.6 Å². The van der Waals surface area contributed by atoms with Crippen LogP contribution in [0.4, 0.5) is 0 Å². The van der Waals surface area contributed by atoms with Gasteiger partial charge in [0, 0.05) is 13.2 Å². The lowest BCUT2D eigenvalue weighted by atomic mass is 10.2. The third-order valence-electron chi connectivity index (χ3n) is 1.48. The van der Waals surface area contributed by atoms with Crippen LogP contribution in [0.25, 0.3) is 6.08 Å². The number of aliphatic hydroxyl groups excluding tert-OH is 1. The standard InChI is InChI=1S/C9H12N2O/c1-7-6-11(3)10-9(7)5-4-8(2)12/h4-6,12H,2H2,1,3H3/b5-4-. The average molecular weight is 164 g/mol. The number of hydrogen-bond donors (Lipinski definition) is 1. The predicted molar refractivity (Wildman–Crippen MR) is 48.7 cm³/mol. The van der Waals surface area contributed by atoms with E-state index in [2.05, 4.69) is 11.7 Å². The van der Waals surface area contributed by atoms with E-state index in [0.29, 0.717) is 0 Å². The molecule has 1 rings (SSSR count). The molecular formula is C9H12N2O. The predicted octanol–water partition coefficient (Wildman–Crippen LogP) is 1.81. The molecule has 1 heterocycles. The summed E-state index contributed by atoms with van der Waals surface area (Å²) < 4.78 is 1.73. The normalized spacial score (nSPS) is 10.8. The monoisotopic (exact) mass is 164 g/mol. The summed E-state index contributed by atoms with van der Waals surface area (Å²) in [5.41, 5.74) is 1.93. The molecule has 0 bridgehead atoms. The minimum Gasteiger partial charge on any atom is -0.509 e. The van der Waals surface area contributed by atoms with Crippen LogP contribution in [-0.2, 0) is 7.05 Å². The first kappa shape index (κ1) is 8.59. The highest BCUT2D eigenvalue weighted by atomic mass is 16.3. The highest BCUT2D eigenvalue weighted by molar-refractivity contribution is 5.50. The molecule has 64 valence electrons. The summed E-state index contributed by atoms with van der Waals surface area (Å²) in [7, 11) is 1.86. The quantitative estimate of drug-likeness (QED) is 0.534. The maximum atomic E-state index is 8.80. The van der Waals surface area contributed by atoms with Crippen molar-refractivity contribution in [2.45, 2.75) is 6.92 Å². The average Bonchev–Trinajstić information content (AvgIpc) is 2.26. The first-order valence-corrected chi connectivity index (χ1v) is 3.66. The van der Waals surface area contributed by atoms with Crippen LogP contribution in [0, 0.1) is 6.92 Å². The van der Waals surface area contributed by atoms with Crippen molar-refractivity contribution in [2.75, 3.05) is 0 Å². The van der Waals surface area contributed by atoms with Crippen molar-refractivity contribution in [1.29, 1.82) is 0 Å². The van der Waals surface area contributed by atoms with Crippen LogP contribution in [0.1, 0.15) is 11.3 Å². The van der Waals surface area contributed by atoms with Crippen LogP contribution in [0.15, 0.2) is 24.6 Å². The Morgan fingerprint density at radius 3 is 2.83 bits per heavy atom. The summed E-state index contributed by atoms with van der Waals surface area (Å²) in [4.78, 5) is 0. The number of nitrogens with zero attached hydrogens (tertiary/aromatic N) is 2. The Labute approximate surface area is 71.6 Å². The van der Waals surface area contributed by atoms with Crippen LogP contribution < -0.4 is 0 Å². The molecule has 0 saturated carbocycles. The van der Waals surface area contributed by atoms with Gasteiger partial charge < -0.3 is 5.11 Å². The third-order valence-corrected chi connectivity index (χ3v) is 1.48. The highest BCUT2D eigenvalue weighted by Gasteiger charge is 1.97. The summed E-state index contributed by atoms with van der Waals surface area (Å²) >= 11 is 0. The van der Waals surface area contributed by atoms with Crippen molar-refractivity contribution in [3.05, 3.63) is 35.9 Å². The van der Waals surface area contributed by atoms with E-state index in [1.54, 1.807) is 10.8 Å². The molecule has 1 N–H and O–H groups in total. The Hall–Kier alpha value is -1.51. The molecule has 0 aliphatic rings. The molecule has 0 saturated heterocycles. The highest BCUT2D eigenvalue weighted by Crippen LogP contribution is 2.06. The lowest BCUT2D eigenvalue weighted by Crippen LogP contribution is -1.86. The number of hydrogen-bond acceptors (Lipinski definition) is 2. The minimum atomic E-state index is 0.0417. The molecule has 0 amide bonds. The third kappa shape index (κ3) is 1.99. The van der Waals surface area contributed by atoms with Gasteiger partial charge in [-0.1, -0.05) is 6.58 Å². The van der Waals surface area contributed by atoms with E-state index in [1.807, 2.05) is 20.2 Å². The minimum absolute atomic E-state index is 0.0417. The topological polar surface area (TPSA) is 38.1 Å². The number of aromatic nitrogens is 2. The summed E-state index contributed by atoms with van der Waals surface area (Å²) in [6.07, 6.45) is 5.17. The SMILES string of the molecule is C=C(O)/C=C\c1nn(C)cc1C.